The van der Waals surface area contributed by atoms with Gasteiger partial charge in [-0.25, -0.2) is 4.68 Å². The molecule has 7 nitrogen and oxygen atoms in total. The van der Waals surface area contributed by atoms with Crippen molar-refractivity contribution in [1.82, 2.24) is 24.9 Å². The number of carbonyl (C=O) groups excluding carboxylic acids is 1. The van der Waals surface area contributed by atoms with Crippen LogP contribution in [0.25, 0.3) is 5.69 Å². The third kappa shape index (κ3) is 4.44. The van der Waals surface area contributed by atoms with Gasteiger partial charge in [-0.15, -0.1) is 11.8 Å². The van der Waals surface area contributed by atoms with Gasteiger partial charge in [0, 0.05) is 62.2 Å². The number of thioether (sulfide) groups is 1. The van der Waals surface area contributed by atoms with Crippen molar-refractivity contribution in [3.63, 3.8) is 0 Å². The number of halogens is 1. The highest BCUT2D eigenvalue weighted by molar-refractivity contribution is 7.99. The third-order valence-electron chi connectivity index (χ3n) is 6.51. The van der Waals surface area contributed by atoms with Gasteiger partial charge in [-0.2, -0.15) is 5.10 Å². The van der Waals surface area contributed by atoms with Crippen LogP contribution in [-0.4, -0.2) is 88.5 Å². The molecule has 3 fully saturated rings. The zero-order chi connectivity index (χ0) is 21.4. The molecule has 0 unspecified atom stereocenters. The number of carbonyl (C=O) groups is 1. The summed E-state index contributed by atoms with van der Waals surface area (Å²) < 4.78 is 2.02. The maximum absolute atomic E-state index is 12.7. The van der Waals surface area contributed by atoms with Gasteiger partial charge in [-0.1, -0.05) is 11.6 Å². The minimum absolute atomic E-state index is 0.0179. The zero-order valence-corrected chi connectivity index (χ0v) is 19.4. The molecule has 1 aromatic heterocycles. The highest BCUT2D eigenvalue weighted by Crippen LogP contribution is 2.25. The van der Waals surface area contributed by atoms with E-state index in [0.29, 0.717) is 6.04 Å². The average Bonchev–Trinajstić information content (AvgIpc) is 3.55. The molecule has 2 aromatic rings. The normalized spacial score (nSPS) is 24.8. The van der Waals surface area contributed by atoms with Crippen molar-refractivity contribution in [2.45, 2.75) is 25.4 Å². The summed E-state index contributed by atoms with van der Waals surface area (Å²) in [6.07, 6.45) is 0.918. The Kier molecular flexibility index (Phi) is 6.14. The van der Waals surface area contributed by atoms with Crippen LogP contribution < -0.4 is 10.2 Å². The molecule has 3 aliphatic heterocycles. The number of amides is 1. The second-order valence-corrected chi connectivity index (χ2v) is 10.1. The second-order valence-electron chi connectivity index (χ2n) is 8.54. The summed E-state index contributed by atoms with van der Waals surface area (Å²) in [5, 5.41) is 8.92. The lowest BCUT2D eigenvalue weighted by atomic mass is 10.1. The van der Waals surface area contributed by atoms with Crippen LogP contribution in [0.2, 0.25) is 5.02 Å². The van der Waals surface area contributed by atoms with E-state index in [0.717, 1.165) is 79.5 Å². The Balaban J connectivity index is 1.21. The molecular formula is C22H29ClN6OS. The van der Waals surface area contributed by atoms with E-state index in [1.165, 1.54) is 0 Å². The van der Waals surface area contributed by atoms with E-state index >= 15 is 0 Å². The molecule has 0 spiro atoms. The van der Waals surface area contributed by atoms with Crippen LogP contribution in [0.15, 0.2) is 30.3 Å². The quantitative estimate of drug-likeness (QED) is 0.755. The van der Waals surface area contributed by atoms with Gasteiger partial charge >= 0.3 is 0 Å². The molecule has 3 saturated heterocycles. The maximum Gasteiger partial charge on any atom is 0.240 e. The Morgan fingerprint density at radius 2 is 1.94 bits per heavy atom. The van der Waals surface area contributed by atoms with E-state index < -0.39 is 0 Å². The predicted octanol–water partition coefficient (Wildman–Crippen LogP) is 2.22. The molecule has 5 rings (SSSR count). The molecule has 0 bridgehead atoms. The molecule has 0 aliphatic carbocycles. The standard InChI is InChI=1S/C22H29ClN6OS/c1-16-12-21(29(25-16)18-4-2-17(23)3-5-18)27-8-6-26(7-9-27)19-13-20(24-14-19)22(30)28-10-11-31-15-28/h2-5,12,19-20,24H,6-11,13-15H2,1H3/t19-,20-/m0/s1. The first-order valence-corrected chi connectivity index (χ1v) is 12.5. The fourth-order valence-electron chi connectivity index (χ4n) is 4.79. The van der Waals surface area contributed by atoms with Gasteiger partial charge in [0.25, 0.3) is 0 Å². The summed E-state index contributed by atoms with van der Waals surface area (Å²) in [4.78, 5) is 19.7. The number of hydrogen-bond acceptors (Lipinski definition) is 6. The molecule has 1 aromatic carbocycles. The first-order valence-electron chi connectivity index (χ1n) is 11.0. The Morgan fingerprint density at radius 1 is 1.16 bits per heavy atom. The summed E-state index contributed by atoms with van der Waals surface area (Å²) in [6.45, 7) is 7.74. The number of rotatable bonds is 4. The van der Waals surface area contributed by atoms with Crippen molar-refractivity contribution in [3.05, 3.63) is 41.0 Å². The molecule has 4 heterocycles. The van der Waals surface area contributed by atoms with E-state index in [9.17, 15) is 4.79 Å². The predicted molar refractivity (Wildman–Crippen MR) is 126 cm³/mol. The molecule has 3 aliphatic rings. The molecule has 166 valence electrons. The monoisotopic (exact) mass is 460 g/mol. The number of anilines is 1. The Bertz CT molecular complexity index is 921. The van der Waals surface area contributed by atoms with Crippen LogP contribution in [0.1, 0.15) is 12.1 Å². The highest BCUT2D eigenvalue weighted by Gasteiger charge is 2.36. The number of aryl methyl sites for hydroxylation is 1. The molecule has 9 heteroatoms. The molecule has 1 N–H and O–H groups in total. The Hall–Kier alpha value is -1.74. The van der Waals surface area contributed by atoms with Crippen LogP contribution in [0.4, 0.5) is 5.82 Å². The summed E-state index contributed by atoms with van der Waals surface area (Å²) in [5.74, 6) is 3.33. The lowest BCUT2D eigenvalue weighted by molar-refractivity contribution is -0.131. The number of nitrogens with zero attached hydrogens (tertiary/aromatic N) is 5. The number of hydrogen-bond donors (Lipinski definition) is 1. The largest absolute Gasteiger partial charge is 0.354 e. The Labute approximate surface area is 192 Å². The topological polar surface area (TPSA) is 56.6 Å². The van der Waals surface area contributed by atoms with E-state index in [-0.39, 0.29) is 11.9 Å². The van der Waals surface area contributed by atoms with Gasteiger partial charge in [-0.05, 0) is 37.6 Å². The van der Waals surface area contributed by atoms with Crippen molar-refractivity contribution in [3.8, 4) is 5.69 Å². The van der Waals surface area contributed by atoms with Gasteiger partial charge in [0.1, 0.15) is 5.82 Å². The van der Waals surface area contributed by atoms with E-state index in [2.05, 4.69) is 21.2 Å². The highest BCUT2D eigenvalue weighted by atomic mass is 35.5. The summed E-state index contributed by atoms with van der Waals surface area (Å²) in [5.41, 5.74) is 2.03. The zero-order valence-electron chi connectivity index (χ0n) is 17.8. The van der Waals surface area contributed by atoms with Crippen LogP contribution >= 0.6 is 23.4 Å². The van der Waals surface area contributed by atoms with Crippen molar-refractivity contribution >= 4 is 35.1 Å². The van der Waals surface area contributed by atoms with E-state index in [1.54, 1.807) is 0 Å². The number of piperazine rings is 1. The van der Waals surface area contributed by atoms with Crippen LogP contribution in [0.3, 0.4) is 0 Å². The molecule has 2 atom stereocenters. The van der Waals surface area contributed by atoms with Gasteiger partial charge in [-0.3, -0.25) is 9.69 Å². The summed E-state index contributed by atoms with van der Waals surface area (Å²) in [6, 6.07) is 10.4. The van der Waals surface area contributed by atoms with Crippen molar-refractivity contribution in [1.29, 1.82) is 0 Å². The maximum atomic E-state index is 12.7. The lowest BCUT2D eigenvalue weighted by Crippen LogP contribution is -2.51. The first kappa shape index (κ1) is 21.1. The minimum atomic E-state index is -0.0179. The Morgan fingerprint density at radius 3 is 2.65 bits per heavy atom. The van der Waals surface area contributed by atoms with Crippen LogP contribution in [0, 0.1) is 6.92 Å². The van der Waals surface area contributed by atoms with Crippen molar-refractivity contribution in [2.24, 2.45) is 0 Å². The van der Waals surface area contributed by atoms with E-state index in [4.69, 9.17) is 16.7 Å². The minimum Gasteiger partial charge on any atom is -0.354 e. The van der Waals surface area contributed by atoms with Crippen molar-refractivity contribution in [2.75, 3.05) is 55.8 Å². The number of aromatic nitrogens is 2. The van der Waals surface area contributed by atoms with E-state index in [1.807, 2.05) is 52.5 Å². The third-order valence-corrected chi connectivity index (χ3v) is 7.73. The summed E-state index contributed by atoms with van der Waals surface area (Å²) in [7, 11) is 0. The van der Waals surface area contributed by atoms with Crippen LogP contribution in [0.5, 0.6) is 0 Å². The number of nitrogens with one attached hydrogen (secondary N) is 1. The van der Waals surface area contributed by atoms with Gasteiger partial charge in [0.15, 0.2) is 0 Å². The molecule has 0 saturated carbocycles. The first-order chi connectivity index (χ1) is 15.1. The number of benzene rings is 1. The SMILES string of the molecule is Cc1cc(N2CCN([C@@H]3CN[C@H](C(=O)N4CCSC4)C3)CC2)n(-c2ccc(Cl)cc2)n1. The summed E-state index contributed by atoms with van der Waals surface area (Å²) >= 11 is 7.91. The average molecular weight is 461 g/mol. The second kappa shape index (κ2) is 9.02. The smallest absolute Gasteiger partial charge is 0.240 e. The molecule has 31 heavy (non-hydrogen) atoms. The fraction of sp³-hybridized carbons (Fsp3) is 0.545. The van der Waals surface area contributed by atoms with Crippen molar-refractivity contribution < 1.29 is 4.79 Å². The lowest BCUT2D eigenvalue weighted by Gasteiger charge is -2.38. The fourth-order valence-corrected chi connectivity index (χ4v) is 5.87. The van der Waals surface area contributed by atoms with Gasteiger partial charge in [0.05, 0.1) is 23.3 Å². The molecular weight excluding hydrogens is 432 g/mol. The van der Waals surface area contributed by atoms with Gasteiger partial charge in [0.2, 0.25) is 5.91 Å². The van der Waals surface area contributed by atoms with Crippen LogP contribution in [-0.2, 0) is 4.79 Å². The molecule has 0 radical (unpaired) electrons. The van der Waals surface area contributed by atoms with Gasteiger partial charge < -0.3 is 15.1 Å². The molecule has 1 amide bonds.